The quantitative estimate of drug-likeness (QED) is 0.475. The molecule has 7 heteroatoms. The SMILES string of the molecule is O=C(/C=C/c1ccccc1C(F)(F)F)/C=C/c1ccccc1C(F)(F)F. The Bertz CT molecular complexity index is 774. The molecule has 0 fully saturated rings. The first kappa shape index (κ1) is 19.5. The highest BCUT2D eigenvalue weighted by molar-refractivity contribution is 6.04. The molecule has 0 aliphatic heterocycles. The molecule has 0 saturated heterocycles. The molecule has 0 aromatic heterocycles. The number of benzene rings is 2. The Morgan fingerprint density at radius 2 is 1.00 bits per heavy atom. The van der Waals surface area contributed by atoms with Crippen molar-refractivity contribution < 1.29 is 31.1 Å². The second-order valence-electron chi connectivity index (χ2n) is 5.24. The Kier molecular flexibility index (Phi) is 5.69. The summed E-state index contributed by atoms with van der Waals surface area (Å²) in [5.41, 5.74) is -2.24. The second kappa shape index (κ2) is 7.59. The average Bonchev–Trinajstić information content (AvgIpc) is 2.57. The van der Waals surface area contributed by atoms with Crippen LogP contribution in [0.5, 0.6) is 0 Å². The van der Waals surface area contributed by atoms with Crippen molar-refractivity contribution in [3.8, 4) is 0 Å². The summed E-state index contributed by atoms with van der Waals surface area (Å²) in [6.07, 6.45) is -5.46. The molecular formula is C19H12F6O. The van der Waals surface area contributed by atoms with Crippen LogP contribution in [0.3, 0.4) is 0 Å². The van der Waals surface area contributed by atoms with Crippen molar-refractivity contribution in [2.75, 3.05) is 0 Å². The van der Waals surface area contributed by atoms with E-state index in [2.05, 4.69) is 0 Å². The fraction of sp³-hybridized carbons (Fsp3) is 0.105. The molecule has 0 saturated carbocycles. The molecule has 2 aromatic carbocycles. The van der Waals surface area contributed by atoms with Crippen molar-refractivity contribution in [2.24, 2.45) is 0 Å². The van der Waals surface area contributed by atoms with Gasteiger partial charge >= 0.3 is 12.4 Å². The zero-order valence-electron chi connectivity index (χ0n) is 13.1. The standard InChI is InChI=1S/C19H12F6O/c20-18(21,22)16-7-3-1-5-13(16)9-11-15(26)12-10-14-6-2-4-8-17(14)19(23,24)25/h1-12H/b11-9+,12-10+. The maximum atomic E-state index is 12.9. The number of rotatable bonds is 4. The van der Waals surface area contributed by atoms with E-state index >= 15 is 0 Å². The number of carbonyl (C=O) groups is 1. The molecule has 0 heterocycles. The highest BCUT2D eigenvalue weighted by Gasteiger charge is 2.33. The molecule has 0 aliphatic carbocycles. The Hall–Kier alpha value is -2.83. The maximum Gasteiger partial charge on any atom is 0.416 e. The Morgan fingerprint density at radius 3 is 1.35 bits per heavy atom. The minimum atomic E-state index is -4.58. The van der Waals surface area contributed by atoms with E-state index in [9.17, 15) is 31.1 Å². The van der Waals surface area contributed by atoms with Crippen LogP contribution in [0.15, 0.2) is 60.7 Å². The summed E-state index contributed by atoms with van der Waals surface area (Å²) in [6.45, 7) is 0. The molecule has 0 spiro atoms. The van der Waals surface area contributed by atoms with Gasteiger partial charge < -0.3 is 0 Å². The molecule has 0 bridgehead atoms. The van der Waals surface area contributed by atoms with E-state index in [-0.39, 0.29) is 11.1 Å². The third kappa shape index (κ3) is 5.08. The van der Waals surface area contributed by atoms with Crippen LogP contribution in [0, 0.1) is 0 Å². The summed E-state index contributed by atoms with van der Waals surface area (Å²) < 4.78 is 77.2. The summed E-state index contributed by atoms with van der Waals surface area (Å²) in [4.78, 5) is 11.8. The molecule has 2 aromatic rings. The van der Waals surface area contributed by atoms with Crippen LogP contribution in [0.1, 0.15) is 22.3 Å². The van der Waals surface area contributed by atoms with Crippen LogP contribution in [0.25, 0.3) is 12.2 Å². The molecule has 26 heavy (non-hydrogen) atoms. The predicted octanol–water partition coefficient (Wildman–Crippen LogP) is 6.02. The molecule has 0 amide bonds. The van der Waals surface area contributed by atoms with E-state index in [4.69, 9.17) is 0 Å². The predicted molar refractivity (Wildman–Crippen MR) is 86.0 cm³/mol. The molecule has 0 unspecified atom stereocenters. The third-order valence-electron chi connectivity index (χ3n) is 3.39. The summed E-state index contributed by atoms with van der Waals surface area (Å²) in [5.74, 6) is -0.737. The molecule has 0 aliphatic rings. The van der Waals surface area contributed by atoms with Gasteiger partial charge in [-0.05, 0) is 35.4 Å². The van der Waals surface area contributed by atoms with E-state index in [1.807, 2.05) is 0 Å². The van der Waals surface area contributed by atoms with Gasteiger partial charge in [0, 0.05) is 0 Å². The molecule has 1 nitrogen and oxygen atoms in total. The minimum absolute atomic E-state index is 0.211. The van der Waals surface area contributed by atoms with E-state index in [1.54, 1.807) is 0 Å². The topological polar surface area (TPSA) is 17.1 Å². The number of alkyl halides is 6. The molecule has 136 valence electrons. The number of ketones is 1. The highest BCUT2D eigenvalue weighted by atomic mass is 19.4. The van der Waals surface area contributed by atoms with Crippen molar-refractivity contribution >= 4 is 17.9 Å². The van der Waals surface area contributed by atoms with E-state index in [0.717, 1.165) is 36.4 Å². The molecule has 0 N–H and O–H groups in total. The summed E-state index contributed by atoms with van der Waals surface area (Å²) in [6, 6.07) is 9.33. The second-order valence-corrected chi connectivity index (χ2v) is 5.24. The lowest BCUT2D eigenvalue weighted by Crippen LogP contribution is -2.07. The summed E-state index contributed by atoms with van der Waals surface area (Å²) in [7, 11) is 0. The van der Waals surface area contributed by atoms with Gasteiger partial charge in [0.25, 0.3) is 0 Å². The number of carbonyl (C=O) groups excluding carboxylic acids is 1. The van der Waals surface area contributed by atoms with E-state index in [1.165, 1.54) is 36.4 Å². The number of hydrogen-bond donors (Lipinski definition) is 0. The zero-order valence-corrected chi connectivity index (χ0v) is 13.1. The maximum absolute atomic E-state index is 12.9. The lowest BCUT2D eigenvalue weighted by atomic mass is 10.0. The van der Waals surface area contributed by atoms with Gasteiger partial charge in [0.05, 0.1) is 11.1 Å². The van der Waals surface area contributed by atoms with Gasteiger partial charge in [-0.2, -0.15) is 26.3 Å². The summed E-state index contributed by atoms with van der Waals surface area (Å²) >= 11 is 0. The lowest BCUT2D eigenvalue weighted by molar-refractivity contribution is -0.138. The first-order chi connectivity index (χ1) is 12.1. The van der Waals surface area contributed by atoms with Gasteiger partial charge in [-0.1, -0.05) is 48.6 Å². The Labute approximate surface area is 145 Å². The first-order valence-corrected chi connectivity index (χ1v) is 7.31. The smallest absolute Gasteiger partial charge is 0.290 e. The van der Waals surface area contributed by atoms with Crippen LogP contribution >= 0.6 is 0 Å². The number of allylic oxidation sites excluding steroid dienone is 2. The van der Waals surface area contributed by atoms with Gasteiger partial charge in [0.2, 0.25) is 0 Å². The van der Waals surface area contributed by atoms with Gasteiger partial charge in [-0.3, -0.25) is 4.79 Å². The minimum Gasteiger partial charge on any atom is -0.290 e. The lowest BCUT2D eigenvalue weighted by Gasteiger charge is -2.09. The van der Waals surface area contributed by atoms with E-state index < -0.39 is 29.3 Å². The molecule has 0 atom stereocenters. The van der Waals surface area contributed by atoms with Crippen molar-refractivity contribution in [1.82, 2.24) is 0 Å². The van der Waals surface area contributed by atoms with Crippen LogP contribution in [0.2, 0.25) is 0 Å². The molecular weight excluding hydrogens is 358 g/mol. The van der Waals surface area contributed by atoms with E-state index in [0.29, 0.717) is 0 Å². The fourth-order valence-corrected chi connectivity index (χ4v) is 2.20. The Morgan fingerprint density at radius 1 is 0.654 bits per heavy atom. The average molecular weight is 370 g/mol. The monoisotopic (exact) mass is 370 g/mol. The number of hydrogen-bond acceptors (Lipinski definition) is 1. The zero-order chi connectivity index (χ0) is 19.4. The van der Waals surface area contributed by atoms with Gasteiger partial charge in [0.15, 0.2) is 5.78 Å². The Balaban J connectivity index is 2.21. The van der Waals surface area contributed by atoms with Crippen LogP contribution < -0.4 is 0 Å². The van der Waals surface area contributed by atoms with Crippen LogP contribution in [0.4, 0.5) is 26.3 Å². The van der Waals surface area contributed by atoms with Crippen LogP contribution in [-0.4, -0.2) is 5.78 Å². The van der Waals surface area contributed by atoms with Crippen molar-refractivity contribution in [1.29, 1.82) is 0 Å². The van der Waals surface area contributed by atoms with Gasteiger partial charge in [-0.15, -0.1) is 0 Å². The fourth-order valence-electron chi connectivity index (χ4n) is 2.20. The summed E-state index contributed by atoms with van der Waals surface area (Å²) in [5, 5.41) is 0. The van der Waals surface area contributed by atoms with Crippen molar-refractivity contribution in [2.45, 2.75) is 12.4 Å². The first-order valence-electron chi connectivity index (χ1n) is 7.31. The number of halogens is 6. The molecule has 2 rings (SSSR count). The van der Waals surface area contributed by atoms with Gasteiger partial charge in [-0.25, -0.2) is 0 Å². The molecule has 0 radical (unpaired) electrons. The normalized spacial score (nSPS) is 12.8. The van der Waals surface area contributed by atoms with Crippen molar-refractivity contribution in [3.05, 3.63) is 82.9 Å². The largest absolute Gasteiger partial charge is 0.416 e. The van der Waals surface area contributed by atoms with Crippen molar-refractivity contribution in [3.63, 3.8) is 0 Å². The van der Waals surface area contributed by atoms with Gasteiger partial charge in [0.1, 0.15) is 0 Å². The van der Waals surface area contributed by atoms with Crippen LogP contribution in [-0.2, 0) is 17.1 Å². The third-order valence-corrected chi connectivity index (χ3v) is 3.39. The highest BCUT2D eigenvalue weighted by Crippen LogP contribution is 2.33.